The molecule has 0 aliphatic heterocycles. The van der Waals surface area contributed by atoms with Crippen molar-refractivity contribution >= 4 is 27.9 Å². The molecule has 0 aliphatic carbocycles. The van der Waals surface area contributed by atoms with Crippen LogP contribution in [0.15, 0.2) is 6.20 Å². The van der Waals surface area contributed by atoms with E-state index in [4.69, 9.17) is 5.26 Å². The first-order valence-corrected chi connectivity index (χ1v) is 6.31. The molecule has 82 valence electrons. The van der Waals surface area contributed by atoms with Crippen LogP contribution in [0.4, 0.5) is 5.00 Å². The van der Waals surface area contributed by atoms with Crippen molar-refractivity contribution in [3.05, 3.63) is 27.3 Å². The van der Waals surface area contributed by atoms with Crippen LogP contribution in [0.5, 0.6) is 0 Å². The maximum atomic E-state index is 8.95. The van der Waals surface area contributed by atoms with Crippen LogP contribution in [0.1, 0.15) is 21.1 Å². The molecule has 0 radical (unpaired) electrons. The van der Waals surface area contributed by atoms with Crippen molar-refractivity contribution < 1.29 is 0 Å². The second-order valence-electron chi connectivity index (χ2n) is 3.30. The minimum absolute atomic E-state index is 0.637. The van der Waals surface area contributed by atoms with Gasteiger partial charge in [-0.15, -0.1) is 11.3 Å². The third kappa shape index (κ3) is 2.21. The van der Waals surface area contributed by atoms with Crippen molar-refractivity contribution in [1.82, 2.24) is 9.36 Å². The lowest BCUT2D eigenvalue weighted by molar-refractivity contribution is 1.11. The monoisotopic (exact) mass is 250 g/mol. The summed E-state index contributed by atoms with van der Waals surface area (Å²) >= 11 is 2.97. The molecule has 1 N–H and O–H groups in total. The third-order valence-corrected chi connectivity index (χ3v) is 3.85. The van der Waals surface area contributed by atoms with Gasteiger partial charge in [-0.2, -0.15) is 9.64 Å². The van der Waals surface area contributed by atoms with E-state index in [2.05, 4.69) is 20.7 Å². The fraction of sp³-hybridized carbons (Fsp3) is 0.300. The lowest BCUT2D eigenvalue weighted by atomic mass is 10.3. The van der Waals surface area contributed by atoms with E-state index >= 15 is 0 Å². The van der Waals surface area contributed by atoms with Crippen molar-refractivity contribution in [2.24, 2.45) is 0 Å². The molecule has 0 saturated heterocycles. The second kappa shape index (κ2) is 4.60. The smallest absolute Gasteiger partial charge is 0.128 e. The average Bonchev–Trinajstić information content (AvgIpc) is 2.82. The van der Waals surface area contributed by atoms with Gasteiger partial charge in [0, 0.05) is 11.1 Å². The maximum absolute atomic E-state index is 8.95. The summed E-state index contributed by atoms with van der Waals surface area (Å²) in [5.74, 6) is 0. The predicted octanol–water partition coefficient (Wildman–Crippen LogP) is 2.70. The molecule has 0 saturated carbocycles. The summed E-state index contributed by atoms with van der Waals surface area (Å²) in [7, 11) is 0. The number of nitriles is 1. The average molecular weight is 250 g/mol. The highest BCUT2D eigenvalue weighted by Gasteiger charge is 2.09. The molecule has 0 aromatic carbocycles. The topological polar surface area (TPSA) is 61.6 Å². The standard InChI is InChI=1S/C10H10N4S2/c1-6-4-12-9(15-6)5-13-10-8(3-11)7(2)14-16-10/h4,13H,5H2,1-2H3. The highest BCUT2D eigenvalue weighted by Crippen LogP contribution is 2.24. The molecule has 0 spiro atoms. The Morgan fingerprint density at radius 1 is 1.50 bits per heavy atom. The number of anilines is 1. The third-order valence-electron chi connectivity index (χ3n) is 2.04. The van der Waals surface area contributed by atoms with Crippen LogP contribution in [0.3, 0.4) is 0 Å². The minimum atomic E-state index is 0.637. The summed E-state index contributed by atoms with van der Waals surface area (Å²) in [4.78, 5) is 5.44. The summed E-state index contributed by atoms with van der Waals surface area (Å²) in [5, 5.41) is 14.0. The highest BCUT2D eigenvalue weighted by molar-refractivity contribution is 7.11. The Bertz CT molecular complexity index is 535. The second-order valence-corrected chi connectivity index (χ2v) is 5.39. The van der Waals surface area contributed by atoms with Gasteiger partial charge in [-0.05, 0) is 25.4 Å². The molecule has 0 atom stereocenters. The molecule has 0 unspecified atom stereocenters. The predicted molar refractivity (Wildman–Crippen MR) is 65.7 cm³/mol. The molecule has 4 nitrogen and oxygen atoms in total. The van der Waals surface area contributed by atoms with Gasteiger partial charge in [0.05, 0.1) is 12.2 Å². The number of hydrogen-bond acceptors (Lipinski definition) is 6. The summed E-state index contributed by atoms with van der Waals surface area (Å²) in [5.41, 5.74) is 1.42. The zero-order valence-corrected chi connectivity index (χ0v) is 10.6. The molecule has 2 aromatic rings. The molecule has 0 amide bonds. The number of hydrogen-bond donors (Lipinski definition) is 1. The van der Waals surface area contributed by atoms with Gasteiger partial charge >= 0.3 is 0 Å². The first-order valence-electron chi connectivity index (χ1n) is 4.72. The molecule has 2 rings (SSSR count). The molecule has 2 aromatic heterocycles. The zero-order chi connectivity index (χ0) is 11.5. The van der Waals surface area contributed by atoms with Gasteiger partial charge < -0.3 is 5.32 Å². The Balaban J connectivity index is 2.08. The van der Waals surface area contributed by atoms with Crippen LogP contribution in [0.25, 0.3) is 0 Å². The normalized spacial score (nSPS) is 10.1. The lowest BCUT2D eigenvalue weighted by Crippen LogP contribution is -1.98. The van der Waals surface area contributed by atoms with E-state index in [0.717, 1.165) is 15.7 Å². The van der Waals surface area contributed by atoms with Crippen LogP contribution < -0.4 is 5.32 Å². The summed E-state index contributed by atoms with van der Waals surface area (Å²) < 4.78 is 4.14. The minimum Gasteiger partial charge on any atom is -0.368 e. The Morgan fingerprint density at radius 2 is 2.31 bits per heavy atom. The van der Waals surface area contributed by atoms with Gasteiger partial charge in [0.25, 0.3) is 0 Å². The number of nitrogens with zero attached hydrogens (tertiary/aromatic N) is 3. The van der Waals surface area contributed by atoms with E-state index in [1.807, 2.05) is 20.0 Å². The van der Waals surface area contributed by atoms with Crippen molar-refractivity contribution in [3.63, 3.8) is 0 Å². The van der Waals surface area contributed by atoms with Gasteiger partial charge in [-0.3, -0.25) is 0 Å². The van der Waals surface area contributed by atoms with Gasteiger partial charge in [0.2, 0.25) is 0 Å². The molecule has 0 fully saturated rings. The molecule has 16 heavy (non-hydrogen) atoms. The molecular weight excluding hydrogens is 240 g/mol. The fourth-order valence-corrected chi connectivity index (χ4v) is 2.73. The number of nitrogens with one attached hydrogen (secondary N) is 1. The SMILES string of the molecule is Cc1cnc(CNc2snc(C)c2C#N)s1. The molecule has 0 bridgehead atoms. The van der Waals surface area contributed by atoms with Gasteiger partial charge in [0.1, 0.15) is 21.6 Å². The summed E-state index contributed by atoms with van der Waals surface area (Å²) in [6, 6.07) is 2.15. The van der Waals surface area contributed by atoms with Crippen molar-refractivity contribution in [1.29, 1.82) is 5.26 Å². The van der Waals surface area contributed by atoms with Crippen molar-refractivity contribution in [3.8, 4) is 6.07 Å². The van der Waals surface area contributed by atoms with Crippen molar-refractivity contribution in [2.45, 2.75) is 20.4 Å². The Labute approximate surface area is 102 Å². The van der Waals surface area contributed by atoms with E-state index in [1.165, 1.54) is 16.4 Å². The van der Waals surface area contributed by atoms with E-state index < -0.39 is 0 Å². The largest absolute Gasteiger partial charge is 0.368 e. The highest BCUT2D eigenvalue weighted by atomic mass is 32.1. The van der Waals surface area contributed by atoms with Crippen LogP contribution in [-0.2, 0) is 6.54 Å². The van der Waals surface area contributed by atoms with Crippen LogP contribution in [-0.4, -0.2) is 9.36 Å². The number of aryl methyl sites for hydroxylation is 2. The Morgan fingerprint density at radius 3 is 2.94 bits per heavy atom. The Kier molecular flexibility index (Phi) is 3.17. The van der Waals surface area contributed by atoms with Crippen LogP contribution in [0, 0.1) is 25.2 Å². The lowest BCUT2D eigenvalue weighted by Gasteiger charge is -1.99. The summed E-state index contributed by atoms with van der Waals surface area (Å²) in [6.07, 6.45) is 1.85. The fourth-order valence-electron chi connectivity index (χ4n) is 1.26. The van der Waals surface area contributed by atoms with Crippen molar-refractivity contribution in [2.75, 3.05) is 5.32 Å². The first kappa shape index (κ1) is 11.0. The molecule has 2 heterocycles. The maximum Gasteiger partial charge on any atom is 0.128 e. The zero-order valence-electron chi connectivity index (χ0n) is 8.94. The first-order chi connectivity index (χ1) is 7.70. The van der Waals surface area contributed by atoms with Gasteiger partial charge in [-0.25, -0.2) is 4.98 Å². The van der Waals surface area contributed by atoms with Crippen LogP contribution in [0.2, 0.25) is 0 Å². The van der Waals surface area contributed by atoms with Gasteiger partial charge in [-0.1, -0.05) is 0 Å². The van der Waals surface area contributed by atoms with Crippen LogP contribution >= 0.6 is 22.9 Å². The quantitative estimate of drug-likeness (QED) is 0.909. The van der Waals surface area contributed by atoms with E-state index in [0.29, 0.717) is 12.1 Å². The van der Waals surface area contributed by atoms with E-state index in [1.54, 1.807) is 11.3 Å². The molecular formula is C10H10N4S2. The number of aromatic nitrogens is 2. The van der Waals surface area contributed by atoms with E-state index in [-0.39, 0.29) is 0 Å². The Hall–Kier alpha value is -1.45. The number of rotatable bonds is 3. The summed E-state index contributed by atoms with van der Waals surface area (Å²) in [6.45, 7) is 4.52. The molecule has 6 heteroatoms. The number of thiazole rings is 1. The van der Waals surface area contributed by atoms with E-state index in [9.17, 15) is 0 Å². The molecule has 0 aliphatic rings. The van der Waals surface area contributed by atoms with Gasteiger partial charge in [0.15, 0.2) is 0 Å².